The molecule has 102 valence electrons. The van der Waals surface area contributed by atoms with E-state index < -0.39 is 0 Å². The summed E-state index contributed by atoms with van der Waals surface area (Å²) < 4.78 is 4.14. The molecule has 0 saturated heterocycles. The van der Waals surface area contributed by atoms with E-state index in [4.69, 9.17) is 5.73 Å². The molecule has 0 amide bonds. The third-order valence-electron chi connectivity index (χ3n) is 3.36. The van der Waals surface area contributed by atoms with E-state index in [-0.39, 0.29) is 0 Å². The Hall–Kier alpha value is -2.14. The van der Waals surface area contributed by atoms with Crippen LogP contribution >= 0.6 is 11.5 Å². The lowest BCUT2D eigenvalue weighted by molar-refractivity contribution is 1.03. The summed E-state index contributed by atoms with van der Waals surface area (Å²) in [5.74, 6) is 0.615. The summed E-state index contributed by atoms with van der Waals surface area (Å²) in [6.07, 6.45) is 2.76. The average Bonchev–Trinajstić information content (AvgIpc) is 2.79. The molecule has 4 nitrogen and oxygen atoms in total. The third kappa shape index (κ3) is 2.44. The van der Waals surface area contributed by atoms with Crippen molar-refractivity contribution >= 4 is 33.3 Å². The number of para-hydroxylation sites is 1. The molecule has 0 aliphatic heterocycles. The van der Waals surface area contributed by atoms with Crippen LogP contribution in [0.2, 0.25) is 0 Å². The molecule has 5 heteroatoms. The van der Waals surface area contributed by atoms with Gasteiger partial charge in [-0.05, 0) is 36.5 Å². The Morgan fingerprint density at radius 1 is 1.25 bits per heavy atom. The molecule has 20 heavy (non-hydrogen) atoms. The summed E-state index contributed by atoms with van der Waals surface area (Å²) in [6.45, 7) is 2.83. The Labute approximate surface area is 121 Å². The van der Waals surface area contributed by atoms with Crippen LogP contribution in [0.25, 0.3) is 10.9 Å². The molecule has 0 radical (unpaired) electrons. The van der Waals surface area contributed by atoms with E-state index in [1.165, 1.54) is 22.5 Å². The van der Waals surface area contributed by atoms with Gasteiger partial charge in [-0.1, -0.05) is 24.3 Å². The van der Waals surface area contributed by atoms with Crippen molar-refractivity contribution in [3.63, 3.8) is 0 Å². The first kappa shape index (κ1) is 12.9. The maximum Gasteiger partial charge on any atom is 0.142 e. The summed E-state index contributed by atoms with van der Waals surface area (Å²) in [5, 5.41) is 5.63. The summed E-state index contributed by atoms with van der Waals surface area (Å²) >= 11 is 1.41. The van der Waals surface area contributed by atoms with Crippen molar-refractivity contribution in [3.8, 4) is 0 Å². The summed E-state index contributed by atoms with van der Waals surface area (Å²) in [4.78, 5) is 4.47. The molecule has 0 fully saturated rings. The number of benzene rings is 1. The molecule has 3 rings (SSSR count). The average molecular weight is 284 g/mol. The van der Waals surface area contributed by atoms with Gasteiger partial charge in [-0.15, -0.1) is 0 Å². The number of fused-ring (bicyclic) bond motifs is 1. The minimum absolute atomic E-state index is 0.615. The van der Waals surface area contributed by atoms with Crippen molar-refractivity contribution in [3.05, 3.63) is 47.7 Å². The largest absolute Gasteiger partial charge is 0.383 e. The lowest BCUT2D eigenvalue weighted by Gasteiger charge is -2.07. The van der Waals surface area contributed by atoms with Gasteiger partial charge in [0.05, 0.1) is 5.52 Å². The van der Waals surface area contributed by atoms with Crippen molar-refractivity contribution in [2.45, 2.75) is 13.3 Å². The van der Waals surface area contributed by atoms with E-state index in [9.17, 15) is 0 Å². The van der Waals surface area contributed by atoms with Gasteiger partial charge in [0.2, 0.25) is 0 Å². The van der Waals surface area contributed by atoms with Gasteiger partial charge in [0, 0.05) is 23.7 Å². The second-order valence-electron chi connectivity index (χ2n) is 4.69. The summed E-state index contributed by atoms with van der Waals surface area (Å²) in [7, 11) is 0. The number of nitrogen functional groups attached to an aromatic ring is 1. The van der Waals surface area contributed by atoms with Gasteiger partial charge < -0.3 is 11.1 Å². The van der Waals surface area contributed by atoms with Crippen LogP contribution in [-0.4, -0.2) is 15.9 Å². The molecule has 0 spiro atoms. The maximum absolute atomic E-state index is 5.75. The van der Waals surface area contributed by atoms with Crippen molar-refractivity contribution in [1.82, 2.24) is 9.36 Å². The predicted octanol–water partition coefficient (Wildman–Crippen LogP) is 3.24. The first-order valence-electron chi connectivity index (χ1n) is 6.54. The number of nitrogens with two attached hydrogens (primary N) is 1. The number of hydrogen-bond acceptors (Lipinski definition) is 5. The highest BCUT2D eigenvalue weighted by molar-refractivity contribution is 7.10. The van der Waals surface area contributed by atoms with Gasteiger partial charge >= 0.3 is 0 Å². The second-order valence-corrected chi connectivity index (χ2v) is 5.46. The standard InChI is InChI=1S/C15H16N4S/c1-10-14(16)19-20-15(10)18-9-7-12-5-2-4-11-6-3-8-17-13(11)12/h2-6,8,18H,7,9H2,1H3,(H2,16,19). The van der Waals surface area contributed by atoms with E-state index in [1.54, 1.807) is 0 Å². The smallest absolute Gasteiger partial charge is 0.142 e. The Morgan fingerprint density at radius 3 is 2.90 bits per heavy atom. The highest BCUT2D eigenvalue weighted by atomic mass is 32.1. The van der Waals surface area contributed by atoms with E-state index in [0.717, 1.165) is 29.0 Å². The topological polar surface area (TPSA) is 63.8 Å². The molecular formula is C15H16N4S. The van der Waals surface area contributed by atoms with Crippen molar-refractivity contribution in [2.24, 2.45) is 0 Å². The van der Waals surface area contributed by atoms with Crippen molar-refractivity contribution < 1.29 is 0 Å². The molecular weight excluding hydrogens is 268 g/mol. The minimum Gasteiger partial charge on any atom is -0.383 e. The fourth-order valence-corrected chi connectivity index (χ4v) is 2.93. The molecule has 0 saturated carbocycles. The fraction of sp³-hybridized carbons (Fsp3) is 0.200. The van der Waals surface area contributed by atoms with Crippen molar-refractivity contribution in [1.29, 1.82) is 0 Å². The molecule has 0 bridgehead atoms. The van der Waals surface area contributed by atoms with Crippen molar-refractivity contribution in [2.75, 3.05) is 17.6 Å². The fourth-order valence-electron chi connectivity index (χ4n) is 2.19. The molecule has 0 aliphatic carbocycles. The van der Waals surface area contributed by atoms with E-state index >= 15 is 0 Å². The van der Waals surface area contributed by atoms with Gasteiger partial charge in [-0.25, -0.2) is 0 Å². The number of anilines is 2. The van der Waals surface area contributed by atoms with Gasteiger partial charge in [0.25, 0.3) is 0 Å². The lowest BCUT2D eigenvalue weighted by Crippen LogP contribution is -2.05. The number of hydrogen-bond donors (Lipinski definition) is 2. The van der Waals surface area contributed by atoms with Crippen LogP contribution in [0.3, 0.4) is 0 Å². The first-order chi connectivity index (χ1) is 9.75. The summed E-state index contributed by atoms with van der Waals surface area (Å²) in [5.41, 5.74) is 9.12. The van der Waals surface area contributed by atoms with Gasteiger partial charge in [-0.2, -0.15) is 4.37 Å². The zero-order valence-electron chi connectivity index (χ0n) is 11.3. The molecule has 3 N–H and O–H groups in total. The van der Waals surface area contributed by atoms with Crippen LogP contribution in [-0.2, 0) is 6.42 Å². The minimum atomic E-state index is 0.615. The van der Waals surface area contributed by atoms with E-state index in [2.05, 4.69) is 38.9 Å². The predicted molar refractivity (Wildman–Crippen MR) is 85.2 cm³/mol. The molecule has 1 aromatic carbocycles. The number of pyridine rings is 1. The normalized spacial score (nSPS) is 10.8. The van der Waals surface area contributed by atoms with Crippen LogP contribution in [0.4, 0.5) is 10.8 Å². The number of rotatable bonds is 4. The number of nitrogens with one attached hydrogen (secondary N) is 1. The van der Waals surface area contributed by atoms with Gasteiger partial charge in [-0.3, -0.25) is 4.98 Å². The summed E-state index contributed by atoms with van der Waals surface area (Å²) in [6, 6.07) is 10.4. The Morgan fingerprint density at radius 2 is 2.10 bits per heavy atom. The first-order valence-corrected chi connectivity index (χ1v) is 7.31. The van der Waals surface area contributed by atoms with Crippen LogP contribution in [0.1, 0.15) is 11.1 Å². The monoisotopic (exact) mass is 284 g/mol. The van der Waals surface area contributed by atoms with Crippen LogP contribution < -0.4 is 11.1 Å². The molecule has 2 aromatic heterocycles. The molecule has 0 unspecified atom stereocenters. The third-order valence-corrected chi connectivity index (χ3v) is 4.28. The molecule has 0 aliphatic rings. The van der Waals surface area contributed by atoms with E-state index in [1.807, 2.05) is 19.2 Å². The Kier molecular flexibility index (Phi) is 3.52. The zero-order chi connectivity index (χ0) is 13.9. The van der Waals surface area contributed by atoms with Gasteiger partial charge in [0.1, 0.15) is 10.8 Å². The number of aromatic nitrogens is 2. The molecule has 0 atom stereocenters. The van der Waals surface area contributed by atoms with Gasteiger partial charge in [0.15, 0.2) is 0 Å². The lowest BCUT2D eigenvalue weighted by atomic mass is 10.1. The Balaban J connectivity index is 1.73. The maximum atomic E-state index is 5.75. The zero-order valence-corrected chi connectivity index (χ0v) is 12.1. The quantitative estimate of drug-likeness (QED) is 0.772. The SMILES string of the molecule is Cc1c(N)nsc1NCCc1cccc2cccnc12. The number of nitrogens with zero attached hydrogens (tertiary/aromatic N) is 2. The Bertz CT molecular complexity index is 730. The van der Waals surface area contributed by atoms with Crippen LogP contribution in [0.15, 0.2) is 36.5 Å². The highest BCUT2D eigenvalue weighted by Crippen LogP contribution is 2.25. The van der Waals surface area contributed by atoms with Crippen LogP contribution in [0, 0.1) is 6.92 Å². The van der Waals surface area contributed by atoms with E-state index in [0.29, 0.717) is 5.82 Å². The molecule has 3 aromatic rings. The second kappa shape index (κ2) is 5.46. The highest BCUT2D eigenvalue weighted by Gasteiger charge is 2.06. The van der Waals surface area contributed by atoms with Crippen LogP contribution in [0.5, 0.6) is 0 Å². The molecule has 2 heterocycles.